The smallest absolute Gasteiger partial charge is 0.0221 e. The van der Waals surface area contributed by atoms with Crippen LogP contribution in [0.25, 0.3) is 0 Å². The summed E-state index contributed by atoms with van der Waals surface area (Å²) in [5.41, 5.74) is 2.95. The van der Waals surface area contributed by atoms with Gasteiger partial charge in [0.05, 0.1) is 0 Å². The van der Waals surface area contributed by atoms with Crippen LogP contribution in [0.4, 0.5) is 0 Å². The highest BCUT2D eigenvalue weighted by molar-refractivity contribution is 5.23. The van der Waals surface area contributed by atoms with Crippen LogP contribution < -0.4 is 5.32 Å². The van der Waals surface area contributed by atoms with Crippen molar-refractivity contribution < 1.29 is 0 Å². The maximum absolute atomic E-state index is 3.49. The van der Waals surface area contributed by atoms with Gasteiger partial charge in [0.15, 0.2) is 0 Å². The largest absolute Gasteiger partial charge is 0.314 e. The lowest BCUT2D eigenvalue weighted by Crippen LogP contribution is -2.49. The van der Waals surface area contributed by atoms with Crippen LogP contribution in [0.5, 0.6) is 0 Å². The number of piperazine rings is 1. The van der Waals surface area contributed by atoms with Gasteiger partial charge < -0.3 is 10.2 Å². The van der Waals surface area contributed by atoms with Crippen LogP contribution in [0, 0.1) is 5.92 Å². The van der Waals surface area contributed by atoms with Gasteiger partial charge >= 0.3 is 0 Å². The maximum atomic E-state index is 3.49. The molecule has 2 rings (SSSR count). The molecule has 0 radical (unpaired) electrons. The van der Waals surface area contributed by atoms with Crippen molar-refractivity contribution in [1.29, 1.82) is 0 Å². The molecule has 0 spiro atoms. The lowest BCUT2D eigenvalue weighted by molar-refractivity contribution is 0.191. The minimum Gasteiger partial charge on any atom is -0.314 e. The Morgan fingerprint density at radius 2 is 1.89 bits per heavy atom. The van der Waals surface area contributed by atoms with Crippen LogP contribution in [0.3, 0.4) is 0 Å². The molecule has 1 unspecified atom stereocenters. The van der Waals surface area contributed by atoms with Crippen LogP contribution >= 0.6 is 0 Å². The second-order valence-corrected chi connectivity index (χ2v) is 6.29. The second-order valence-electron chi connectivity index (χ2n) is 6.29. The van der Waals surface area contributed by atoms with Gasteiger partial charge in [0.25, 0.3) is 0 Å². The van der Waals surface area contributed by atoms with Crippen LogP contribution in [-0.4, -0.2) is 37.6 Å². The van der Waals surface area contributed by atoms with Crippen molar-refractivity contribution in [2.45, 2.75) is 39.2 Å². The van der Waals surface area contributed by atoms with E-state index in [2.05, 4.69) is 55.4 Å². The average molecular weight is 260 g/mol. The first-order valence-electron chi connectivity index (χ1n) is 7.64. The zero-order valence-corrected chi connectivity index (χ0v) is 12.7. The number of nitrogens with one attached hydrogen (secondary N) is 1. The molecule has 0 saturated carbocycles. The summed E-state index contributed by atoms with van der Waals surface area (Å²) in [5.74, 6) is 0.743. The fraction of sp³-hybridized carbons (Fsp3) is 0.647. The molecule has 1 aromatic rings. The van der Waals surface area contributed by atoms with E-state index in [4.69, 9.17) is 0 Å². The number of benzene rings is 1. The highest BCUT2D eigenvalue weighted by atomic mass is 15.2. The minimum atomic E-state index is 0.698. The van der Waals surface area contributed by atoms with Gasteiger partial charge in [0, 0.05) is 25.7 Å². The molecule has 106 valence electrons. The Hall–Kier alpha value is -0.860. The predicted octanol–water partition coefficient (Wildman–Crippen LogP) is 2.72. The highest BCUT2D eigenvalue weighted by Crippen LogP contribution is 2.13. The molecule has 2 heteroatoms. The van der Waals surface area contributed by atoms with Gasteiger partial charge in [-0.05, 0) is 43.4 Å². The number of rotatable bonds is 5. The Kier molecular flexibility index (Phi) is 5.41. The summed E-state index contributed by atoms with van der Waals surface area (Å²) in [6.07, 6.45) is 3.64. The fourth-order valence-corrected chi connectivity index (χ4v) is 2.83. The summed E-state index contributed by atoms with van der Waals surface area (Å²) in [4.78, 5) is 2.49. The van der Waals surface area contributed by atoms with Gasteiger partial charge in [-0.1, -0.05) is 38.1 Å². The molecule has 1 atom stereocenters. The first-order chi connectivity index (χ1) is 9.15. The SMILES string of the molecule is CC(C)Cc1ccc(CCC2CNCCN2C)cc1. The Morgan fingerprint density at radius 1 is 1.21 bits per heavy atom. The van der Waals surface area contributed by atoms with Gasteiger partial charge in [-0.3, -0.25) is 0 Å². The molecular formula is C17H28N2. The number of nitrogens with zero attached hydrogens (tertiary/aromatic N) is 1. The van der Waals surface area contributed by atoms with Gasteiger partial charge in [0.1, 0.15) is 0 Å². The fourth-order valence-electron chi connectivity index (χ4n) is 2.83. The molecule has 0 bridgehead atoms. The van der Waals surface area contributed by atoms with Crippen molar-refractivity contribution >= 4 is 0 Å². The van der Waals surface area contributed by atoms with E-state index in [-0.39, 0.29) is 0 Å². The second kappa shape index (κ2) is 7.06. The van der Waals surface area contributed by atoms with Gasteiger partial charge in [-0.15, -0.1) is 0 Å². The quantitative estimate of drug-likeness (QED) is 0.876. The van der Waals surface area contributed by atoms with E-state index < -0.39 is 0 Å². The van der Waals surface area contributed by atoms with E-state index in [1.54, 1.807) is 0 Å². The van der Waals surface area contributed by atoms with E-state index >= 15 is 0 Å². The maximum Gasteiger partial charge on any atom is 0.0221 e. The van der Waals surface area contributed by atoms with Crippen molar-refractivity contribution in [3.63, 3.8) is 0 Å². The van der Waals surface area contributed by atoms with Crippen LogP contribution in [-0.2, 0) is 12.8 Å². The Balaban J connectivity index is 1.82. The van der Waals surface area contributed by atoms with Gasteiger partial charge in [-0.25, -0.2) is 0 Å². The van der Waals surface area contributed by atoms with Gasteiger partial charge in [-0.2, -0.15) is 0 Å². The number of hydrogen-bond acceptors (Lipinski definition) is 2. The van der Waals surface area contributed by atoms with Crippen molar-refractivity contribution in [1.82, 2.24) is 10.2 Å². The summed E-state index contributed by atoms with van der Waals surface area (Å²) in [6, 6.07) is 9.93. The van der Waals surface area contributed by atoms with Crippen molar-refractivity contribution in [3.05, 3.63) is 35.4 Å². The first kappa shape index (κ1) is 14.5. The molecule has 1 aliphatic rings. The summed E-state index contributed by atoms with van der Waals surface area (Å²) in [7, 11) is 2.25. The number of hydrogen-bond donors (Lipinski definition) is 1. The van der Waals surface area contributed by atoms with Crippen LogP contribution in [0.15, 0.2) is 24.3 Å². The molecule has 1 N–H and O–H groups in total. The van der Waals surface area contributed by atoms with Crippen molar-refractivity contribution in [3.8, 4) is 0 Å². The molecule has 1 heterocycles. The molecule has 0 aromatic heterocycles. The van der Waals surface area contributed by atoms with E-state index in [1.807, 2.05) is 0 Å². The minimum absolute atomic E-state index is 0.698. The summed E-state index contributed by atoms with van der Waals surface area (Å²) in [5, 5.41) is 3.49. The van der Waals surface area contributed by atoms with Gasteiger partial charge in [0.2, 0.25) is 0 Å². The molecular weight excluding hydrogens is 232 g/mol. The Morgan fingerprint density at radius 3 is 2.53 bits per heavy atom. The first-order valence-corrected chi connectivity index (χ1v) is 7.64. The predicted molar refractivity (Wildman–Crippen MR) is 82.6 cm³/mol. The molecule has 1 aromatic carbocycles. The Labute approximate surface area is 118 Å². The molecule has 1 aliphatic heterocycles. The monoisotopic (exact) mass is 260 g/mol. The van der Waals surface area contributed by atoms with Crippen LogP contribution in [0.1, 0.15) is 31.4 Å². The van der Waals surface area contributed by atoms with E-state index in [0.29, 0.717) is 6.04 Å². The number of likely N-dealkylation sites (N-methyl/N-ethyl adjacent to an activating group) is 1. The molecule has 1 fully saturated rings. The van der Waals surface area contributed by atoms with E-state index in [9.17, 15) is 0 Å². The summed E-state index contributed by atoms with van der Waals surface area (Å²) >= 11 is 0. The topological polar surface area (TPSA) is 15.3 Å². The zero-order valence-electron chi connectivity index (χ0n) is 12.7. The summed E-state index contributed by atoms with van der Waals surface area (Å²) in [6.45, 7) is 8.01. The molecule has 19 heavy (non-hydrogen) atoms. The lowest BCUT2D eigenvalue weighted by atomic mass is 9.99. The van der Waals surface area contributed by atoms with Crippen molar-refractivity contribution in [2.24, 2.45) is 5.92 Å². The standard InChI is InChI=1S/C17H28N2/c1-14(2)12-16-6-4-15(5-7-16)8-9-17-13-18-10-11-19(17)3/h4-7,14,17-18H,8-13H2,1-3H3. The van der Waals surface area contributed by atoms with Crippen LogP contribution in [0.2, 0.25) is 0 Å². The normalized spacial score (nSPS) is 20.9. The lowest BCUT2D eigenvalue weighted by Gasteiger charge is -2.33. The third kappa shape index (κ3) is 4.63. The van der Waals surface area contributed by atoms with E-state index in [1.165, 1.54) is 36.9 Å². The molecule has 1 saturated heterocycles. The van der Waals surface area contributed by atoms with E-state index in [0.717, 1.165) is 19.0 Å². The number of aryl methyl sites for hydroxylation is 1. The highest BCUT2D eigenvalue weighted by Gasteiger charge is 2.17. The molecule has 0 amide bonds. The molecule has 2 nitrogen and oxygen atoms in total. The third-order valence-corrected chi connectivity index (χ3v) is 4.08. The van der Waals surface area contributed by atoms with Crippen molar-refractivity contribution in [2.75, 3.05) is 26.7 Å². The average Bonchev–Trinajstić information content (AvgIpc) is 2.39. The Bertz CT molecular complexity index is 369. The summed E-state index contributed by atoms with van der Waals surface area (Å²) < 4.78 is 0. The zero-order chi connectivity index (χ0) is 13.7. The molecule has 0 aliphatic carbocycles. The third-order valence-electron chi connectivity index (χ3n) is 4.08.